The number of carbonyl (C=O) groups excluding carboxylic acids is 1. The molecule has 34 heavy (non-hydrogen) atoms. The molecule has 0 radical (unpaired) electrons. The van der Waals surface area contributed by atoms with Gasteiger partial charge >= 0.3 is 0 Å². The van der Waals surface area contributed by atoms with Gasteiger partial charge < -0.3 is 14.5 Å². The molecular formula is C27H35ClN4O2. The summed E-state index contributed by atoms with van der Waals surface area (Å²) >= 11 is 0. The molecule has 1 saturated carbocycles. The first-order valence-electron chi connectivity index (χ1n) is 12.1. The van der Waals surface area contributed by atoms with Crippen LogP contribution >= 0.6 is 12.4 Å². The van der Waals surface area contributed by atoms with Crippen LogP contribution in [0.5, 0.6) is 5.75 Å². The molecule has 2 fully saturated rings. The van der Waals surface area contributed by atoms with Crippen LogP contribution in [-0.4, -0.2) is 57.2 Å². The van der Waals surface area contributed by atoms with Crippen LogP contribution in [0.25, 0.3) is 0 Å². The summed E-state index contributed by atoms with van der Waals surface area (Å²) in [5.41, 5.74) is 2.46. The lowest BCUT2D eigenvalue weighted by molar-refractivity contribution is -0.123. The van der Waals surface area contributed by atoms with Crippen LogP contribution in [0.1, 0.15) is 37.7 Å². The number of methoxy groups -OCH3 is 1. The Morgan fingerprint density at radius 3 is 2.41 bits per heavy atom. The number of para-hydroxylation sites is 3. The average molecular weight is 483 g/mol. The van der Waals surface area contributed by atoms with Crippen molar-refractivity contribution in [1.29, 1.82) is 5.26 Å². The summed E-state index contributed by atoms with van der Waals surface area (Å²) in [5, 5.41) is 9.64. The molecule has 0 N–H and O–H groups in total. The SMILES string of the molecule is COc1ccccc1N1CCN(CCN(C(=O)C2CCCCC2)c2ccccc2C#N)CC1.Cl. The molecular weight excluding hydrogens is 448 g/mol. The molecule has 2 aromatic carbocycles. The van der Waals surface area contributed by atoms with Crippen molar-refractivity contribution < 1.29 is 9.53 Å². The summed E-state index contributed by atoms with van der Waals surface area (Å²) in [6.45, 7) is 5.13. The Bertz CT molecular complexity index is 979. The first-order chi connectivity index (χ1) is 16.2. The van der Waals surface area contributed by atoms with Crippen molar-refractivity contribution in [2.45, 2.75) is 32.1 Å². The Kier molecular flexibility index (Phi) is 9.62. The highest BCUT2D eigenvalue weighted by atomic mass is 35.5. The quantitative estimate of drug-likeness (QED) is 0.571. The fourth-order valence-electron chi connectivity index (χ4n) is 5.07. The second-order valence-electron chi connectivity index (χ2n) is 8.95. The highest BCUT2D eigenvalue weighted by Crippen LogP contribution is 2.30. The number of amides is 1. The third-order valence-electron chi connectivity index (χ3n) is 6.97. The molecule has 1 heterocycles. The number of hydrogen-bond donors (Lipinski definition) is 0. The molecule has 0 unspecified atom stereocenters. The second kappa shape index (κ2) is 12.6. The van der Waals surface area contributed by atoms with Crippen LogP contribution < -0.4 is 14.5 Å². The van der Waals surface area contributed by atoms with Crippen LogP contribution in [0.15, 0.2) is 48.5 Å². The smallest absolute Gasteiger partial charge is 0.230 e. The second-order valence-corrected chi connectivity index (χ2v) is 8.95. The molecule has 0 spiro atoms. The maximum absolute atomic E-state index is 13.5. The lowest BCUT2D eigenvalue weighted by Crippen LogP contribution is -2.49. The zero-order chi connectivity index (χ0) is 23.0. The van der Waals surface area contributed by atoms with E-state index in [0.29, 0.717) is 12.1 Å². The number of anilines is 2. The molecule has 1 amide bonds. The molecule has 1 aliphatic carbocycles. The minimum atomic E-state index is 0. The summed E-state index contributed by atoms with van der Waals surface area (Å²) in [4.78, 5) is 20.2. The molecule has 2 aromatic rings. The van der Waals surface area contributed by atoms with Crippen LogP contribution in [-0.2, 0) is 4.79 Å². The van der Waals surface area contributed by atoms with Gasteiger partial charge in [0.15, 0.2) is 0 Å². The van der Waals surface area contributed by atoms with Gasteiger partial charge in [0.2, 0.25) is 5.91 Å². The predicted octanol–water partition coefficient (Wildman–Crippen LogP) is 4.72. The van der Waals surface area contributed by atoms with E-state index in [4.69, 9.17) is 4.74 Å². The molecule has 1 aliphatic heterocycles. The molecule has 4 rings (SSSR count). The van der Waals surface area contributed by atoms with Crippen molar-refractivity contribution in [3.63, 3.8) is 0 Å². The van der Waals surface area contributed by atoms with E-state index in [1.807, 2.05) is 47.4 Å². The first kappa shape index (κ1) is 25.9. The molecule has 0 bridgehead atoms. The summed E-state index contributed by atoms with van der Waals surface area (Å²) < 4.78 is 5.53. The third kappa shape index (κ3) is 6.02. The van der Waals surface area contributed by atoms with Crippen LogP contribution in [0.2, 0.25) is 0 Å². The molecule has 1 saturated heterocycles. The molecule has 182 valence electrons. The Labute approximate surface area is 209 Å². The number of rotatable bonds is 7. The predicted molar refractivity (Wildman–Crippen MR) is 139 cm³/mol. The fraction of sp³-hybridized carbons (Fsp3) is 0.481. The van der Waals surface area contributed by atoms with E-state index in [1.165, 1.54) is 6.42 Å². The number of carbonyl (C=O) groups is 1. The maximum atomic E-state index is 13.5. The van der Waals surface area contributed by atoms with E-state index in [1.54, 1.807) is 7.11 Å². The van der Waals surface area contributed by atoms with Crippen molar-refractivity contribution in [3.05, 3.63) is 54.1 Å². The van der Waals surface area contributed by atoms with E-state index in [9.17, 15) is 10.1 Å². The standard InChI is InChI=1S/C27H34N4O2.ClH/c1-33-26-14-8-7-13-25(26)30-18-15-29(16-19-30)17-20-31(24-12-6-5-11-23(24)21-28)27(32)22-9-3-2-4-10-22;/h5-8,11-14,22H,2-4,9-10,15-20H2,1H3;1H. The highest BCUT2D eigenvalue weighted by Gasteiger charge is 2.29. The number of halogens is 1. The van der Waals surface area contributed by atoms with E-state index in [2.05, 4.69) is 21.9 Å². The highest BCUT2D eigenvalue weighted by molar-refractivity contribution is 5.96. The maximum Gasteiger partial charge on any atom is 0.230 e. The van der Waals surface area contributed by atoms with Gasteiger partial charge in [0.25, 0.3) is 0 Å². The topological polar surface area (TPSA) is 59.8 Å². The number of piperazine rings is 1. The molecule has 0 atom stereocenters. The van der Waals surface area contributed by atoms with Gasteiger partial charge in [0.1, 0.15) is 11.8 Å². The van der Waals surface area contributed by atoms with Gasteiger partial charge in [-0.25, -0.2) is 0 Å². The molecule has 2 aliphatic rings. The molecule has 7 heteroatoms. The number of nitrogens with zero attached hydrogens (tertiary/aromatic N) is 4. The number of nitriles is 1. The van der Waals surface area contributed by atoms with Gasteiger partial charge in [0.05, 0.1) is 24.0 Å². The van der Waals surface area contributed by atoms with Crippen LogP contribution in [0.4, 0.5) is 11.4 Å². The lowest BCUT2D eigenvalue weighted by atomic mass is 9.88. The zero-order valence-electron chi connectivity index (χ0n) is 20.0. The van der Waals surface area contributed by atoms with Crippen LogP contribution in [0, 0.1) is 17.2 Å². The summed E-state index contributed by atoms with van der Waals surface area (Å²) in [6, 6.07) is 17.9. The van der Waals surface area contributed by atoms with Gasteiger partial charge in [-0.2, -0.15) is 5.26 Å². The average Bonchev–Trinajstić information content (AvgIpc) is 2.89. The lowest BCUT2D eigenvalue weighted by Gasteiger charge is -2.38. The van der Waals surface area contributed by atoms with E-state index < -0.39 is 0 Å². The summed E-state index contributed by atoms with van der Waals surface area (Å²) in [5.74, 6) is 1.17. The Balaban J connectivity index is 0.00000324. The minimum Gasteiger partial charge on any atom is -0.495 e. The van der Waals surface area contributed by atoms with E-state index in [-0.39, 0.29) is 24.2 Å². The third-order valence-corrected chi connectivity index (χ3v) is 6.97. The van der Waals surface area contributed by atoms with E-state index >= 15 is 0 Å². The Morgan fingerprint density at radius 2 is 1.71 bits per heavy atom. The van der Waals surface area contributed by atoms with Gasteiger partial charge in [-0.3, -0.25) is 9.69 Å². The van der Waals surface area contributed by atoms with Gasteiger partial charge in [-0.05, 0) is 37.1 Å². The van der Waals surface area contributed by atoms with Crippen LogP contribution in [0.3, 0.4) is 0 Å². The van der Waals surface area contributed by atoms with Crippen molar-refractivity contribution in [2.24, 2.45) is 5.92 Å². The minimum absolute atomic E-state index is 0. The molecule has 6 nitrogen and oxygen atoms in total. The summed E-state index contributed by atoms with van der Waals surface area (Å²) in [7, 11) is 1.71. The van der Waals surface area contributed by atoms with Crippen molar-refractivity contribution >= 4 is 29.7 Å². The number of hydrogen-bond acceptors (Lipinski definition) is 5. The summed E-state index contributed by atoms with van der Waals surface area (Å²) in [6.07, 6.45) is 5.38. The first-order valence-corrected chi connectivity index (χ1v) is 12.1. The van der Waals surface area contributed by atoms with Crippen molar-refractivity contribution in [3.8, 4) is 11.8 Å². The van der Waals surface area contributed by atoms with Gasteiger partial charge in [-0.15, -0.1) is 12.4 Å². The van der Waals surface area contributed by atoms with Crippen molar-refractivity contribution in [1.82, 2.24) is 4.90 Å². The largest absolute Gasteiger partial charge is 0.495 e. The Hall–Kier alpha value is -2.75. The van der Waals surface area contributed by atoms with E-state index in [0.717, 1.165) is 75.5 Å². The molecule has 0 aromatic heterocycles. The monoisotopic (exact) mass is 482 g/mol. The van der Waals surface area contributed by atoms with Gasteiger partial charge in [0, 0.05) is 45.2 Å². The normalized spacial score (nSPS) is 16.9. The number of benzene rings is 2. The van der Waals surface area contributed by atoms with Gasteiger partial charge in [-0.1, -0.05) is 43.5 Å². The van der Waals surface area contributed by atoms with Crippen molar-refractivity contribution in [2.75, 3.05) is 56.2 Å². The number of ether oxygens (including phenoxy) is 1. The zero-order valence-corrected chi connectivity index (χ0v) is 20.8. The Morgan fingerprint density at radius 1 is 1.03 bits per heavy atom. The fourth-order valence-corrected chi connectivity index (χ4v) is 5.07.